The number of nitrogens with zero attached hydrogens (tertiary/aromatic N) is 1. The van der Waals surface area contributed by atoms with Crippen molar-refractivity contribution in [3.8, 4) is 5.75 Å². The van der Waals surface area contributed by atoms with E-state index in [0.717, 1.165) is 24.0 Å². The third kappa shape index (κ3) is 2.11. The van der Waals surface area contributed by atoms with E-state index in [1.165, 1.54) is 12.1 Å². The van der Waals surface area contributed by atoms with Crippen LogP contribution in [0.2, 0.25) is 0 Å². The van der Waals surface area contributed by atoms with Gasteiger partial charge in [0.05, 0.1) is 4.92 Å². The lowest BCUT2D eigenvalue weighted by Crippen LogP contribution is -2.56. The number of carbonyl (C=O) groups excluding carboxylic acids is 1. The number of carboxylic acids is 1. The summed E-state index contributed by atoms with van der Waals surface area (Å²) in [7, 11) is 0. The molecule has 0 radical (unpaired) electrons. The number of aryl methyl sites for hydroxylation is 1. The van der Waals surface area contributed by atoms with Crippen LogP contribution in [0, 0.1) is 21.4 Å². The molecule has 124 valence electrons. The van der Waals surface area contributed by atoms with E-state index in [-0.39, 0.29) is 5.92 Å². The summed E-state index contributed by atoms with van der Waals surface area (Å²) in [6.45, 7) is 3.72. The van der Waals surface area contributed by atoms with Crippen LogP contribution in [-0.4, -0.2) is 10.9 Å². The molecule has 2 aliphatic rings. The minimum Gasteiger partial charge on any atom is -0.868 e. The van der Waals surface area contributed by atoms with Gasteiger partial charge in [-0.2, -0.15) is 0 Å². The van der Waals surface area contributed by atoms with Gasteiger partial charge in [-0.25, -0.2) is 0 Å². The van der Waals surface area contributed by atoms with E-state index >= 15 is 0 Å². The minimum absolute atomic E-state index is 0.123. The zero-order chi connectivity index (χ0) is 17.0. The van der Waals surface area contributed by atoms with Crippen LogP contribution < -0.4 is 10.2 Å². The molecule has 0 unspecified atom stereocenters. The smallest absolute Gasteiger partial charge is 0.262 e. The molecule has 0 heterocycles. The van der Waals surface area contributed by atoms with Crippen LogP contribution in [-0.2, 0) is 16.6 Å². The van der Waals surface area contributed by atoms with Gasteiger partial charge in [-0.1, -0.05) is 26.3 Å². The fourth-order valence-corrected chi connectivity index (χ4v) is 4.87. The lowest BCUT2D eigenvalue weighted by molar-refractivity contribution is -0.398. The van der Waals surface area contributed by atoms with E-state index in [2.05, 4.69) is 0 Å². The normalized spacial score (nSPS) is 32.7. The lowest BCUT2D eigenvalue weighted by atomic mass is 9.50. The summed E-state index contributed by atoms with van der Waals surface area (Å²) >= 11 is 0. The maximum atomic E-state index is 12.1. The van der Waals surface area contributed by atoms with Crippen molar-refractivity contribution in [2.45, 2.75) is 51.4 Å². The van der Waals surface area contributed by atoms with Crippen molar-refractivity contribution in [1.82, 2.24) is 0 Å². The number of rotatable bonds is 2. The van der Waals surface area contributed by atoms with Gasteiger partial charge in [-0.15, -0.1) is 0 Å². The number of nitro groups is 1. The van der Waals surface area contributed by atoms with Crippen LogP contribution in [0.1, 0.15) is 50.7 Å². The van der Waals surface area contributed by atoms with Crippen molar-refractivity contribution < 1.29 is 19.9 Å². The fraction of sp³-hybridized carbons (Fsp3) is 0.588. The highest BCUT2D eigenvalue weighted by molar-refractivity contribution is 5.73. The van der Waals surface area contributed by atoms with Gasteiger partial charge >= 0.3 is 0 Å². The molecular weight excluding hydrogens is 298 g/mol. The van der Waals surface area contributed by atoms with Crippen LogP contribution in [0.4, 0.5) is 5.69 Å². The van der Waals surface area contributed by atoms with Gasteiger partial charge in [0, 0.05) is 17.5 Å². The van der Waals surface area contributed by atoms with E-state index in [9.17, 15) is 25.1 Å². The molecule has 6 heteroatoms. The Labute approximate surface area is 134 Å². The summed E-state index contributed by atoms with van der Waals surface area (Å²) in [4.78, 5) is 22.1. The summed E-state index contributed by atoms with van der Waals surface area (Å²) in [5, 5.41) is 34.8. The van der Waals surface area contributed by atoms with E-state index in [0.29, 0.717) is 19.3 Å². The maximum absolute atomic E-state index is 12.1. The molecule has 0 bridgehead atoms. The average molecular weight is 317 g/mol. The molecule has 3 atom stereocenters. The monoisotopic (exact) mass is 317 g/mol. The van der Waals surface area contributed by atoms with Crippen molar-refractivity contribution in [3.63, 3.8) is 0 Å². The first-order valence-corrected chi connectivity index (χ1v) is 7.90. The number of hydrogen-bond donors (Lipinski definition) is 0. The van der Waals surface area contributed by atoms with Gasteiger partial charge in [0.2, 0.25) is 0 Å². The van der Waals surface area contributed by atoms with Crippen molar-refractivity contribution in [2.75, 3.05) is 0 Å². The van der Waals surface area contributed by atoms with Gasteiger partial charge < -0.3 is 15.0 Å². The summed E-state index contributed by atoms with van der Waals surface area (Å²) in [5.74, 6) is -1.76. The quantitative estimate of drug-likeness (QED) is 0.606. The predicted molar refractivity (Wildman–Crippen MR) is 78.7 cm³/mol. The standard InChI is InChI=1S/C17H21NO5/c1-16-6-3-7-17(2,15(20)21)14(16)5-4-10-8-12(18(22)23)13(19)9-11(10)16/h8-9,14,19H,3-7H2,1-2H3,(H,20,21)/p-2/t14-,16-,17-/m0/s1. The van der Waals surface area contributed by atoms with Crippen LogP contribution in [0.15, 0.2) is 12.1 Å². The molecule has 0 aliphatic heterocycles. The number of benzene rings is 1. The van der Waals surface area contributed by atoms with Crippen LogP contribution in [0.3, 0.4) is 0 Å². The number of fused-ring (bicyclic) bond motifs is 3. The Bertz CT molecular complexity index is 700. The second-order valence-electron chi connectivity index (χ2n) is 7.30. The SMILES string of the molecule is C[C@@]12CCC[C@](C)(C(=O)[O-])[C@H]1CCc1cc([N+](=O)[O-])c([O-])cc12. The molecule has 1 aromatic carbocycles. The Kier molecular flexibility index (Phi) is 3.39. The average Bonchev–Trinajstić information content (AvgIpc) is 2.46. The molecule has 23 heavy (non-hydrogen) atoms. The van der Waals surface area contributed by atoms with E-state index in [4.69, 9.17) is 0 Å². The molecule has 0 N–H and O–H groups in total. The first-order valence-electron chi connectivity index (χ1n) is 7.90. The van der Waals surface area contributed by atoms with Crippen molar-refractivity contribution >= 4 is 11.7 Å². The Morgan fingerprint density at radius 3 is 2.61 bits per heavy atom. The Morgan fingerprint density at radius 2 is 2.00 bits per heavy atom. The first kappa shape index (κ1) is 15.8. The molecule has 0 spiro atoms. The Morgan fingerprint density at radius 1 is 1.30 bits per heavy atom. The second-order valence-corrected chi connectivity index (χ2v) is 7.30. The van der Waals surface area contributed by atoms with Gasteiger partial charge in [-0.3, -0.25) is 10.1 Å². The molecule has 0 aromatic heterocycles. The van der Waals surface area contributed by atoms with Crippen molar-refractivity contribution in [3.05, 3.63) is 33.4 Å². The van der Waals surface area contributed by atoms with Gasteiger partial charge in [0.1, 0.15) is 0 Å². The summed E-state index contributed by atoms with van der Waals surface area (Å²) in [5.41, 5.74) is -0.178. The highest BCUT2D eigenvalue weighted by Crippen LogP contribution is 2.57. The lowest BCUT2D eigenvalue weighted by Gasteiger charge is -2.56. The molecular formula is C17H19NO5-2. The Balaban J connectivity index is 2.15. The molecule has 0 amide bonds. The fourth-order valence-electron chi connectivity index (χ4n) is 4.87. The third-order valence-electron chi connectivity index (χ3n) is 6.10. The van der Waals surface area contributed by atoms with Crippen LogP contribution in [0.25, 0.3) is 0 Å². The van der Waals surface area contributed by atoms with E-state index in [1.54, 1.807) is 6.92 Å². The van der Waals surface area contributed by atoms with Crippen LogP contribution in [0.5, 0.6) is 5.75 Å². The largest absolute Gasteiger partial charge is 0.868 e. The summed E-state index contributed by atoms with van der Waals surface area (Å²) in [6.07, 6.45) is 3.29. The zero-order valence-electron chi connectivity index (χ0n) is 13.3. The zero-order valence-corrected chi connectivity index (χ0v) is 13.3. The van der Waals surface area contributed by atoms with E-state index in [1.807, 2.05) is 6.92 Å². The first-order chi connectivity index (χ1) is 10.7. The molecule has 1 aromatic rings. The molecule has 1 fully saturated rings. The highest BCUT2D eigenvalue weighted by atomic mass is 16.6. The third-order valence-corrected chi connectivity index (χ3v) is 6.10. The Hall–Kier alpha value is -2.11. The number of carbonyl (C=O) groups is 1. The topological polar surface area (TPSA) is 106 Å². The molecule has 3 rings (SSSR count). The highest BCUT2D eigenvalue weighted by Gasteiger charge is 2.52. The van der Waals surface area contributed by atoms with Crippen LogP contribution >= 0.6 is 0 Å². The minimum atomic E-state index is -1.04. The number of hydrogen-bond acceptors (Lipinski definition) is 5. The number of aliphatic carboxylic acids is 1. The molecule has 1 saturated carbocycles. The van der Waals surface area contributed by atoms with Crippen molar-refractivity contribution in [1.29, 1.82) is 0 Å². The predicted octanol–water partition coefficient (Wildman–Crippen LogP) is 1.43. The maximum Gasteiger partial charge on any atom is 0.262 e. The number of nitro benzene ring substituents is 1. The van der Waals surface area contributed by atoms with Crippen molar-refractivity contribution in [2.24, 2.45) is 11.3 Å². The van der Waals surface area contributed by atoms with Gasteiger partial charge in [0.25, 0.3) is 5.69 Å². The second kappa shape index (κ2) is 4.94. The molecule has 6 nitrogen and oxygen atoms in total. The van der Waals surface area contributed by atoms with E-state index < -0.39 is 33.2 Å². The molecule has 2 aliphatic carbocycles. The van der Waals surface area contributed by atoms with Gasteiger partial charge in [-0.05, 0) is 53.9 Å². The molecule has 0 saturated heterocycles. The number of carboxylic acid groups (broad SMARTS) is 1. The van der Waals surface area contributed by atoms with Gasteiger partial charge in [0.15, 0.2) is 0 Å². The summed E-state index contributed by atoms with van der Waals surface area (Å²) in [6, 6.07) is 2.74. The summed E-state index contributed by atoms with van der Waals surface area (Å²) < 4.78 is 0.